The molecule has 0 N–H and O–H groups in total. The van der Waals surface area contributed by atoms with Gasteiger partial charge in [-0.3, -0.25) is 0 Å². The van der Waals surface area contributed by atoms with Crippen molar-refractivity contribution in [2.75, 3.05) is 25.9 Å². The van der Waals surface area contributed by atoms with Gasteiger partial charge in [0, 0.05) is 0 Å². The molecule has 0 rings (SSSR count). The molecule has 0 aliphatic heterocycles. The Hall–Kier alpha value is 0.227. The third-order valence-corrected chi connectivity index (χ3v) is 2.82. The van der Waals surface area contributed by atoms with E-state index in [-0.39, 0.29) is 25.9 Å². The first kappa shape index (κ1) is 16.2. The summed E-state index contributed by atoms with van der Waals surface area (Å²) in [5, 5.41) is 0. The molecule has 0 bridgehead atoms. The summed E-state index contributed by atoms with van der Waals surface area (Å²) >= 11 is 5.43. The first-order valence-corrected chi connectivity index (χ1v) is 7.03. The maximum absolute atomic E-state index is 5.43. The number of rotatable bonds is 11. The summed E-state index contributed by atoms with van der Waals surface area (Å²) in [6, 6.07) is -0.209. The van der Waals surface area contributed by atoms with E-state index in [1.165, 1.54) is 0 Å². The van der Waals surface area contributed by atoms with Crippen molar-refractivity contribution < 1.29 is 32.8 Å². The van der Waals surface area contributed by atoms with Crippen molar-refractivity contribution in [1.29, 1.82) is 0 Å². The van der Waals surface area contributed by atoms with Crippen molar-refractivity contribution in [3.8, 4) is 0 Å². The fourth-order valence-electron chi connectivity index (χ4n) is 0.574. The third kappa shape index (κ3) is 6.73. The van der Waals surface area contributed by atoms with Crippen LogP contribution >= 0.6 is 11.6 Å². The minimum Gasteiger partial charge on any atom is -0.333 e. The Morgan fingerprint density at radius 3 is 1.44 bits per heavy atom. The van der Waals surface area contributed by atoms with E-state index in [2.05, 4.69) is 0 Å². The highest BCUT2D eigenvalue weighted by atomic mass is 35.5. The molecule has 0 amide bonds. The topological polar surface area (TPSA) is 64.6 Å². The van der Waals surface area contributed by atoms with E-state index < -0.39 is 9.05 Å². The number of hydrogen-bond donors (Lipinski definition) is 0. The standard InChI is InChI=1S/C7H17ClO7Si/c1-4-9-13-16(12-7-8,14-10-5-2)15-11-6-3/h4-7H2,1-3H3. The number of alkyl halides is 1. The molecule has 0 aliphatic carbocycles. The Labute approximate surface area is 101 Å². The van der Waals surface area contributed by atoms with Crippen molar-refractivity contribution in [3.63, 3.8) is 0 Å². The number of hydrogen-bond acceptors (Lipinski definition) is 7. The normalized spacial score (nSPS) is 12.0. The van der Waals surface area contributed by atoms with Crippen molar-refractivity contribution in [2.24, 2.45) is 0 Å². The molecule has 0 aliphatic rings. The molecule has 16 heavy (non-hydrogen) atoms. The van der Waals surface area contributed by atoms with Crippen LogP contribution in [0.25, 0.3) is 0 Å². The Bertz CT molecular complexity index is 140. The Balaban J connectivity index is 4.32. The van der Waals surface area contributed by atoms with Crippen LogP contribution in [0, 0.1) is 0 Å². The van der Waals surface area contributed by atoms with Gasteiger partial charge in [-0.15, -0.1) is 0 Å². The van der Waals surface area contributed by atoms with E-state index in [0.717, 1.165) is 0 Å². The molecule has 7 nitrogen and oxygen atoms in total. The molecule has 0 aromatic carbocycles. The highest BCUT2D eigenvalue weighted by Crippen LogP contribution is 2.14. The fourth-order valence-corrected chi connectivity index (χ4v) is 2.12. The SMILES string of the molecule is CCOO[Si](OCCl)(OOCC)OOCC. The molecule has 0 aromatic rings. The van der Waals surface area contributed by atoms with Crippen molar-refractivity contribution in [1.82, 2.24) is 0 Å². The molecule has 0 heterocycles. The highest BCUT2D eigenvalue weighted by molar-refractivity contribution is 6.53. The van der Waals surface area contributed by atoms with Gasteiger partial charge >= 0.3 is 9.05 Å². The van der Waals surface area contributed by atoms with E-state index in [9.17, 15) is 0 Å². The zero-order chi connectivity index (χ0) is 12.3. The van der Waals surface area contributed by atoms with Gasteiger partial charge in [-0.25, -0.2) is 14.7 Å². The largest absolute Gasteiger partial charge is 0.765 e. The van der Waals surface area contributed by atoms with Gasteiger partial charge in [0.05, 0.1) is 19.8 Å². The monoisotopic (exact) mass is 276 g/mol. The molecule has 0 unspecified atom stereocenters. The first-order chi connectivity index (χ1) is 7.74. The molecule has 0 fully saturated rings. The summed E-state index contributed by atoms with van der Waals surface area (Å²) in [6.45, 7) is 6.02. The molecule has 9 heteroatoms. The highest BCUT2D eigenvalue weighted by Gasteiger charge is 2.52. The second kappa shape index (κ2) is 10.4. The minimum absolute atomic E-state index is 0.209. The average Bonchev–Trinajstić information content (AvgIpc) is 2.31. The quantitative estimate of drug-likeness (QED) is 0.245. The lowest BCUT2D eigenvalue weighted by molar-refractivity contribution is -0.384. The summed E-state index contributed by atoms with van der Waals surface area (Å²) in [5.41, 5.74) is 0. The molecule has 0 spiro atoms. The van der Waals surface area contributed by atoms with Crippen LogP contribution in [-0.4, -0.2) is 34.9 Å². The predicted octanol–water partition coefficient (Wildman–Crippen LogP) is 1.54. The first-order valence-electron chi connectivity index (χ1n) is 4.86. The predicted molar refractivity (Wildman–Crippen MR) is 55.7 cm³/mol. The molecular formula is C7H17ClO7Si. The van der Waals surface area contributed by atoms with E-state index in [4.69, 9.17) is 44.4 Å². The maximum Gasteiger partial charge on any atom is 0.765 e. The summed E-state index contributed by atoms with van der Waals surface area (Å²) < 4.78 is 19.6. The maximum atomic E-state index is 5.43. The Morgan fingerprint density at radius 1 is 0.812 bits per heavy atom. The van der Waals surface area contributed by atoms with Crippen LogP contribution in [0.4, 0.5) is 0 Å². The second-order valence-corrected chi connectivity index (χ2v) is 4.23. The molecule has 0 saturated carbocycles. The second-order valence-electron chi connectivity index (χ2n) is 2.22. The van der Waals surface area contributed by atoms with Crippen LogP contribution in [0.1, 0.15) is 20.8 Å². The van der Waals surface area contributed by atoms with E-state index in [1.54, 1.807) is 20.8 Å². The molecule has 0 saturated heterocycles. The summed E-state index contributed by atoms with van der Waals surface area (Å²) in [6.07, 6.45) is 0. The molecule has 0 aromatic heterocycles. The van der Waals surface area contributed by atoms with Crippen molar-refractivity contribution in [2.45, 2.75) is 20.8 Å². The van der Waals surface area contributed by atoms with Crippen molar-refractivity contribution >= 4 is 20.6 Å². The summed E-state index contributed by atoms with van der Waals surface area (Å²) in [4.78, 5) is 14.1. The molecule has 0 radical (unpaired) electrons. The van der Waals surface area contributed by atoms with E-state index in [0.29, 0.717) is 0 Å². The van der Waals surface area contributed by atoms with Crippen LogP contribution in [0.15, 0.2) is 0 Å². The van der Waals surface area contributed by atoms with Gasteiger partial charge in [0.2, 0.25) is 0 Å². The summed E-state index contributed by atoms with van der Waals surface area (Å²) in [7, 11) is -3.66. The average molecular weight is 277 g/mol. The van der Waals surface area contributed by atoms with Crippen LogP contribution in [-0.2, 0) is 32.8 Å². The smallest absolute Gasteiger partial charge is 0.333 e. The van der Waals surface area contributed by atoms with Gasteiger partial charge < -0.3 is 4.43 Å². The van der Waals surface area contributed by atoms with Gasteiger partial charge in [-0.2, -0.15) is 13.7 Å². The summed E-state index contributed by atoms with van der Waals surface area (Å²) in [5.74, 6) is 0. The zero-order valence-corrected chi connectivity index (χ0v) is 11.3. The Morgan fingerprint density at radius 2 is 1.19 bits per heavy atom. The molecule has 0 atom stereocenters. The van der Waals surface area contributed by atoms with E-state index >= 15 is 0 Å². The lowest BCUT2D eigenvalue weighted by Gasteiger charge is -2.22. The number of halogens is 1. The van der Waals surface area contributed by atoms with Gasteiger partial charge in [0.25, 0.3) is 0 Å². The van der Waals surface area contributed by atoms with Crippen LogP contribution in [0.3, 0.4) is 0 Å². The molecular weight excluding hydrogens is 260 g/mol. The lowest BCUT2D eigenvalue weighted by Crippen LogP contribution is -2.49. The van der Waals surface area contributed by atoms with Crippen molar-refractivity contribution in [3.05, 3.63) is 0 Å². The Kier molecular flexibility index (Phi) is 10.5. The molecule has 98 valence electrons. The minimum atomic E-state index is -3.66. The van der Waals surface area contributed by atoms with Crippen LogP contribution in [0.5, 0.6) is 0 Å². The zero-order valence-electron chi connectivity index (χ0n) is 9.56. The van der Waals surface area contributed by atoms with E-state index in [1.807, 2.05) is 0 Å². The van der Waals surface area contributed by atoms with Crippen LogP contribution in [0.2, 0.25) is 0 Å². The van der Waals surface area contributed by atoms with Gasteiger partial charge in [-0.1, -0.05) is 11.6 Å². The van der Waals surface area contributed by atoms with Gasteiger partial charge in [0.1, 0.15) is 6.07 Å². The van der Waals surface area contributed by atoms with Crippen LogP contribution < -0.4 is 0 Å². The fraction of sp³-hybridized carbons (Fsp3) is 1.00. The van der Waals surface area contributed by atoms with Gasteiger partial charge in [0.15, 0.2) is 0 Å². The third-order valence-electron chi connectivity index (χ3n) is 1.07. The van der Waals surface area contributed by atoms with Gasteiger partial charge in [-0.05, 0) is 20.8 Å². The lowest BCUT2D eigenvalue weighted by atomic mass is 10.9.